The summed E-state index contributed by atoms with van der Waals surface area (Å²) >= 11 is 1.62. The maximum Gasteiger partial charge on any atom is 0.232 e. The molecule has 0 unspecified atom stereocenters. The molecule has 1 aromatic carbocycles. The first-order chi connectivity index (χ1) is 9.25. The van der Waals surface area contributed by atoms with Gasteiger partial charge in [0.05, 0.1) is 5.75 Å². The van der Waals surface area contributed by atoms with Crippen LogP contribution in [0.5, 0.6) is 0 Å². The van der Waals surface area contributed by atoms with Crippen molar-refractivity contribution in [2.45, 2.75) is 17.7 Å². The number of nitrogens with one attached hydrogen (secondary N) is 1. The SMILES string of the molecule is CN(CC1CCNCC1)C(=O)CSc1ccccc1. The van der Waals surface area contributed by atoms with E-state index in [-0.39, 0.29) is 5.91 Å². The number of nitrogens with zero attached hydrogens (tertiary/aromatic N) is 1. The highest BCUT2D eigenvalue weighted by atomic mass is 32.2. The number of carbonyl (C=O) groups excluding carboxylic acids is 1. The van der Waals surface area contributed by atoms with E-state index in [0.717, 1.165) is 24.5 Å². The average molecular weight is 278 g/mol. The summed E-state index contributed by atoms with van der Waals surface area (Å²) in [6.07, 6.45) is 2.37. The molecular formula is C15H22N2OS. The van der Waals surface area contributed by atoms with Crippen LogP contribution in [0.1, 0.15) is 12.8 Å². The normalized spacial score (nSPS) is 16.3. The van der Waals surface area contributed by atoms with Crippen molar-refractivity contribution in [3.8, 4) is 0 Å². The number of piperidine rings is 1. The minimum absolute atomic E-state index is 0.229. The van der Waals surface area contributed by atoms with Gasteiger partial charge in [-0.3, -0.25) is 4.79 Å². The fourth-order valence-electron chi connectivity index (χ4n) is 2.33. The largest absolute Gasteiger partial charge is 0.345 e. The summed E-state index contributed by atoms with van der Waals surface area (Å²) in [5.41, 5.74) is 0. The lowest BCUT2D eigenvalue weighted by molar-refractivity contribution is -0.127. The standard InChI is InChI=1S/C15H22N2OS/c1-17(11-13-7-9-16-10-8-13)15(18)12-19-14-5-3-2-4-6-14/h2-6,13,16H,7-12H2,1H3. The van der Waals surface area contributed by atoms with Crippen molar-refractivity contribution in [1.29, 1.82) is 0 Å². The predicted molar refractivity (Wildman–Crippen MR) is 80.4 cm³/mol. The molecule has 1 amide bonds. The number of carbonyl (C=O) groups is 1. The van der Waals surface area contributed by atoms with Crippen molar-refractivity contribution in [2.75, 3.05) is 32.4 Å². The van der Waals surface area contributed by atoms with Gasteiger partial charge in [0.2, 0.25) is 5.91 Å². The third-order valence-electron chi connectivity index (χ3n) is 3.52. The molecule has 0 bridgehead atoms. The number of thioether (sulfide) groups is 1. The third kappa shape index (κ3) is 4.88. The number of benzene rings is 1. The Morgan fingerprint density at radius 2 is 2.00 bits per heavy atom. The first kappa shape index (κ1) is 14.4. The number of hydrogen-bond acceptors (Lipinski definition) is 3. The van der Waals surface area contributed by atoms with E-state index in [0.29, 0.717) is 11.7 Å². The topological polar surface area (TPSA) is 32.3 Å². The van der Waals surface area contributed by atoms with E-state index in [4.69, 9.17) is 0 Å². The van der Waals surface area contributed by atoms with E-state index in [1.165, 1.54) is 12.8 Å². The van der Waals surface area contributed by atoms with Crippen molar-refractivity contribution in [3.05, 3.63) is 30.3 Å². The molecule has 104 valence electrons. The quantitative estimate of drug-likeness (QED) is 0.838. The molecule has 0 spiro atoms. The van der Waals surface area contributed by atoms with Crippen LogP contribution < -0.4 is 5.32 Å². The molecule has 0 aromatic heterocycles. The summed E-state index contributed by atoms with van der Waals surface area (Å²) in [5, 5.41) is 3.36. The van der Waals surface area contributed by atoms with E-state index < -0.39 is 0 Å². The molecule has 1 aromatic rings. The summed E-state index contributed by atoms with van der Waals surface area (Å²) in [4.78, 5) is 15.1. The van der Waals surface area contributed by atoms with E-state index >= 15 is 0 Å². The van der Waals surface area contributed by atoms with Crippen LogP contribution in [0.25, 0.3) is 0 Å². The Labute approximate surface area is 119 Å². The van der Waals surface area contributed by atoms with Crippen molar-refractivity contribution in [2.24, 2.45) is 5.92 Å². The van der Waals surface area contributed by atoms with Crippen LogP contribution in [0.3, 0.4) is 0 Å². The number of rotatable bonds is 5. The molecule has 2 rings (SSSR count). The molecule has 0 aliphatic carbocycles. The zero-order valence-corrected chi connectivity index (χ0v) is 12.3. The van der Waals surface area contributed by atoms with Crippen molar-refractivity contribution in [3.63, 3.8) is 0 Å². The highest BCUT2D eigenvalue weighted by molar-refractivity contribution is 8.00. The Kier molecular flexibility index (Phi) is 5.73. The zero-order chi connectivity index (χ0) is 13.5. The van der Waals surface area contributed by atoms with Gasteiger partial charge in [0.15, 0.2) is 0 Å². The van der Waals surface area contributed by atoms with Crippen LogP contribution >= 0.6 is 11.8 Å². The third-order valence-corrected chi connectivity index (χ3v) is 4.52. The van der Waals surface area contributed by atoms with Crippen LogP contribution in [-0.2, 0) is 4.79 Å². The van der Waals surface area contributed by atoms with Gasteiger partial charge >= 0.3 is 0 Å². The van der Waals surface area contributed by atoms with Gasteiger partial charge in [-0.25, -0.2) is 0 Å². The Hall–Kier alpha value is -1.00. The lowest BCUT2D eigenvalue weighted by Gasteiger charge is -2.27. The van der Waals surface area contributed by atoms with Crippen molar-refractivity contribution >= 4 is 17.7 Å². The highest BCUT2D eigenvalue weighted by Gasteiger charge is 2.17. The van der Waals surface area contributed by atoms with Gasteiger partial charge in [-0.1, -0.05) is 18.2 Å². The molecule has 1 saturated heterocycles. The molecule has 1 heterocycles. The monoisotopic (exact) mass is 278 g/mol. The van der Waals surface area contributed by atoms with E-state index in [9.17, 15) is 4.79 Å². The second-order valence-corrected chi connectivity index (χ2v) is 6.12. The first-order valence-electron chi connectivity index (χ1n) is 6.88. The Morgan fingerprint density at radius 1 is 1.32 bits per heavy atom. The Morgan fingerprint density at radius 3 is 2.68 bits per heavy atom. The molecule has 1 aliphatic rings. The Balaban J connectivity index is 1.72. The molecule has 1 aliphatic heterocycles. The minimum Gasteiger partial charge on any atom is -0.345 e. The molecule has 0 atom stereocenters. The number of hydrogen-bond donors (Lipinski definition) is 1. The van der Waals surface area contributed by atoms with E-state index in [1.807, 2.05) is 42.3 Å². The van der Waals surface area contributed by atoms with Gasteiger partial charge in [0.1, 0.15) is 0 Å². The predicted octanol–water partition coefficient (Wildman–Crippen LogP) is 2.24. The first-order valence-corrected chi connectivity index (χ1v) is 7.87. The fraction of sp³-hybridized carbons (Fsp3) is 0.533. The maximum atomic E-state index is 12.1. The molecule has 0 saturated carbocycles. The lowest BCUT2D eigenvalue weighted by Crippen LogP contribution is -2.37. The van der Waals surface area contributed by atoms with E-state index in [1.54, 1.807) is 11.8 Å². The van der Waals surface area contributed by atoms with Gasteiger partial charge in [-0.2, -0.15) is 0 Å². The molecular weight excluding hydrogens is 256 g/mol. The van der Waals surface area contributed by atoms with Gasteiger partial charge in [-0.05, 0) is 44.0 Å². The highest BCUT2D eigenvalue weighted by Crippen LogP contribution is 2.18. The Bertz CT molecular complexity index is 390. The molecule has 1 fully saturated rings. The van der Waals surface area contributed by atoms with Crippen LogP contribution in [0.4, 0.5) is 0 Å². The zero-order valence-electron chi connectivity index (χ0n) is 11.5. The van der Waals surface area contributed by atoms with Crippen LogP contribution in [-0.4, -0.2) is 43.2 Å². The van der Waals surface area contributed by atoms with Crippen molar-refractivity contribution < 1.29 is 4.79 Å². The molecule has 0 radical (unpaired) electrons. The van der Waals surface area contributed by atoms with Crippen molar-refractivity contribution in [1.82, 2.24) is 10.2 Å². The average Bonchev–Trinajstić information content (AvgIpc) is 2.47. The second-order valence-electron chi connectivity index (χ2n) is 5.07. The van der Waals surface area contributed by atoms with Crippen LogP contribution in [0, 0.1) is 5.92 Å². The lowest BCUT2D eigenvalue weighted by atomic mass is 9.98. The van der Waals surface area contributed by atoms with Gasteiger partial charge in [0, 0.05) is 18.5 Å². The summed E-state index contributed by atoms with van der Waals surface area (Å²) in [5.74, 6) is 1.43. The molecule has 1 N–H and O–H groups in total. The molecule has 3 nitrogen and oxygen atoms in total. The van der Waals surface area contributed by atoms with Gasteiger partial charge in [0.25, 0.3) is 0 Å². The molecule has 4 heteroatoms. The smallest absolute Gasteiger partial charge is 0.232 e. The van der Waals surface area contributed by atoms with Gasteiger partial charge < -0.3 is 10.2 Å². The molecule has 19 heavy (non-hydrogen) atoms. The number of amides is 1. The van der Waals surface area contributed by atoms with E-state index in [2.05, 4.69) is 5.32 Å². The summed E-state index contributed by atoms with van der Waals surface area (Å²) in [6.45, 7) is 3.08. The fourth-order valence-corrected chi connectivity index (χ4v) is 3.19. The van der Waals surface area contributed by atoms with Crippen LogP contribution in [0.15, 0.2) is 35.2 Å². The summed E-state index contributed by atoms with van der Waals surface area (Å²) in [7, 11) is 1.93. The maximum absolute atomic E-state index is 12.1. The second kappa shape index (κ2) is 7.56. The summed E-state index contributed by atoms with van der Waals surface area (Å²) < 4.78 is 0. The minimum atomic E-state index is 0.229. The van der Waals surface area contributed by atoms with Crippen LogP contribution in [0.2, 0.25) is 0 Å². The van der Waals surface area contributed by atoms with Gasteiger partial charge in [-0.15, -0.1) is 11.8 Å². The summed E-state index contributed by atoms with van der Waals surface area (Å²) in [6, 6.07) is 10.1.